The monoisotopic (exact) mass is 571 g/mol. The topological polar surface area (TPSA) is 67.6 Å². The first-order valence-corrected chi connectivity index (χ1v) is 15.1. The number of primary amides is 1. The second-order valence-electron chi connectivity index (χ2n) is 12.5. The number of carbonyl (C=O) groups is 1. The van der Waals surface area contributed by atoms with Crippen LogP contribution in [0.5, 0.6) is 0 Å². The highest BCUT2D eigenvalue weighted by Crippen LogP contribution is 2.41. The number of carbonyl (C=O) groups excluding carboxylic acids is 1. The molecule has 0 saturated carbocycles. The Kier molecular flexibility index (Phi) is 10.5. The Morgan fingerprint density at radius 2 is 1.65 bits per heavy atom. The van der Waals surface area contributed by atoms with Crippen molar-refractivity contribution in [3.63, 3.8) is 0 Å². The number of nitrogens with two attached hydrogens (primary N) is 1. The summed E-state index contributed by atoms with van der Waals surface area (Å²) < 4.78 is 63.3. The number of hydrogen-bond donors (Lipinski definition) is 2. The van der Waals surface area contributed by atoms with Crippen LogP contribution in [0, 0.1) is 5.92 Å². The van der Waals surface area contributed by atoms with Gasteiger partial charge in [-0.25, -0.2) is 14.6 Å². The van der Waals surface area contributed by atoms with E-state index in [0.717, 1.165) is 69.3 Å². The molecule has 0 aliphatic carbocycles. The standard InChI is InChI=1S/C30H46F4N4O2/c1-21(2)19-25(27(35)39)40-28-26(31)29(38(20-36-28)17-8-6-4-3-5-7-9-18-38)37-16-10-11-24(37)22-12-14-23(15-13-22)30(32,33)34/h12-15,21,24-26,28-29,36H,3-11,16-20H2,1-2H3,(H-,35,39)/p+1/t24-,25-,26?,28?,29?/m1/s1. The summed E-state index contributed by atoms with van der Waals surface area (Å²) in [5, 5.41) is 3.32. The predicted octanol–water partition coefficient (Wildman–Crippen LogP) is 5.87. The fraction of sp³-hybridized carbons (Fsp3) is 0.767. The molecular formula is C30H47F4N4O2+. The third kappa shape index (κ3) is 7.36. The lowest BCUT2D eigenvalue weighted by Crippen LogP contribution is -2.76. The number of ether oxygens (including phenoxy) is 1. The van der Waals surface area contributed by atoms with Gasteiger partial charge in [-0.15, -0.1) is 0 Å². The maximum Gasteiger partial charge on any atom is 0.416 e. The molecule has 1 spiro atoms. The molecular weight excluding hydrogens is 524 g/mol. The van der Waals surface area contributed by atoms with E-state index in [1.165, 1.54) is 19.3 Å². The third-order valence-corrected chi connectivity index (χ3v) is 9.02. The predicted molar refractivity (Wildman–Crippen MR) is 146 cm³/mol. The normalized spacial score (nSPS) is 29.5. The Hall–Kier alpha value is -1.75. The summed E-state index contributed by atoms with van der Waals surface area (Å²) in [6.45, 7) is 6.76. The fourth-order valence-corrected chi connectivity index (χ4v) is 7.03. The minimum absolute atomic E-state index is 0.151. The lowest BCUT2D eigenvalue weighted by molar-refractivity contribution is -0.974. The van der Waals surface area contributed by atoms with Gasteiger partial charge in [0.15, 0.2) is 12.4 Å². The lowest BCUT2D eigenvalue weighted by atomic mass is 9.98. The number of alkyl halides is 4. The maximum absolute atomic E-state index is 16.9. The van der Waals surface area contributed by atoms with Crippen molar-refractivity contribution in [2.24, 2.45) is 11.7 Å². The third-order valence-electron chi connectivity index (χ3n) is 9.02. The zero-order valence-corrected chi connectivity index (χ0v) is 24.0. The first-order chi connectivity index (χ1) is 19.0. The number of halogens is 4. The molecule has 0 radical (unpaired) electrons. The molecule has 5 atom stereocenters. The van der Waals surface area contributed by atoms with E-state index in [1.54, 1.807) is 12.1 Å². The second-order valence-corrected chi connectivity index (χ2v) is 12.5. The van der Waals surface area contributed by atoms with Gasteiger partial charge in [0.1, 0.15) is 12.8 Å². The van der Waals surface area contributed by atoms with Crippen LogP contribution in [0.2, 0.25) is 0 Å². The first kappa shape index (κ1) is 31.2. The van der Waals surface area contributed by atoms with Crippen molar-refractivity contribution >= 4 is 5.91 Å². The van der Waals surface area contributed by atoms with Crippen molar-refractivity contribution in [2.45, 2.75) is 115 Å². The van der Waals surface area contributed by atoms with Crippen LogP contribution in [-0.2, 0) is 15.7 Å². The minimum Gasteiger partial charge on any atom is -0.367 e. The smallest absolute Gasteiger partial charge is 0.367 e. The van der Waals surface area contributed by atoms with Gasteiger partial charge in [-0.2, -0.15) is 13.2 Å². The highest BCUT2D eigenvalue weighted by molar-refractivity contribution is 5.78. The molecule has 1 aromatic rings. The van der Waals surface area contributed by atoms with Crippen LogP contribution >= 0.6 is 0 Å². The molecule has 3 saturated heterocycles. The second kappa shape index (κ2) is 13.5. The van der Waals surface area contributed by atoms with Gasteiger partial charge in [-0.05, 0) is 68.6 Å². The van der Waals surface area contributed by atoms with Gasteiger partial charge in [-0.3, -0.25) is 9.28 Å². The van der Waals surface area contributed by atoms with Crippen molar-refractivity contribution in [2.75, 3.05) is 26.3 Å². The molecule has 40 heavy (non-hydrogen) atoms. The molecule has 1 aromatic carbocycles. The number of quaternary nitrogens is 1. The summed E-state index contributed by atoms with van der Waals surface area (Å²) in [6, 6.07) is 5.17. The molecule has 3 aliphatic heterocycles. The van der Waals surface area contributed by atoms with Gasteiger partial charge in [0.2, 0.25) is 12.1 Å². The van der Waals surface area contributed by atoms with Crippen LogP contribution < -0.4 is 11.1 Å². The number of hydrogen-bond acceptors (Lipinski definition) is 4. The highest BCUT2D eigenvalue weighted by atomic mass is 19.4. The lowest BCUT2D eigenvalue weighted by Gasteiger charge is -2.55. The van der Waals surface area contributed by atoms with Gasteiger partial charge in [-0.1, -0.05) is 45.2 Å². The van der Waals surface area contributed by atoms with E-state index < -0.39 is 42.3 Å². The van der Waals surface area contributed by atoms with Crippen LogP contribution in [-0.4, -0.2) is 66.3 Å². The number of nitrogens with zero attached hydrogens (tertiary/aromatic N) is 2. The largest absolute Gasteiger partial charge is 0.416 e. The van der Waals surface area contributed by atoms with Gasteiger partial charge in [0.25, 0.3) is 0 Å². The highest BCUT2D eigenvalue weighted by Gasteiger charge is 2.55. The molecule has 3 heterocycles. The summed E-state index contributed by atoms with van der Waals surface area (Å²) in [5.74, 6) is -0.450. The average molecular weight is 572 g/mol. The Bertz CT molecular complexity index is 948. The zero-order chi connectivity index (χ0) is 28.9. The Morgan fingerprint density at radius 3 is 2.20 bits per heavy atom. The van der Waals surface area contributed by atoms with Gasteiger partial charge in [0.05, 0.1) is 18.7 Å². The van der Waals surface area contributed by atoms with E-state index in [9.17, 15) is 18.0 Å². The van der Waals surface area contributed by atoms with E-state index in [1.807, 2.05) is 13.8 Å². The number of nitrogens with one attached hydrogen (secondary N) is 1. The molecule has 3 unspecified atom stereocenters. The average Bonchev–Trinajstić information content (AvgIpc) is 3.37. The van der Waals surface area contributed by atoms with Gasteiger partial charge in [0, 0.05) is 12.6 Å². The van der Waals surface area contributed by atoms with Gasteiger partial charge >= 0.3 is 6.18 Å². The number of benzene rings is 1. The SMILES string of the molecule is CC(C)C[C@@H](OC1NC[N+]2(CCCCCCCCC2)C(N2CCC[C@@H]2c2ccc(C(F)(F)F)cc2)C1F)C(N)=O. The summed E-state index contributed by atoms with van der Waals surface area (Å²) in [6.07, 6.45) is 1.50. The van der Waals surface area contributed by atoms with E-state index in [2.05, 4.69) is 10.2 Å². The van der Waals surface area contributed by atoms with Crippen LogP contribution in [0.4, 0.5) is 17.6 Å². The molecule has 0 aromatic heterocycles. The number of amides is 1. The molecule has 3 aliphatic rings. The molecule has 4 rings (SSSR count). The maximum atomic E-state index is 16.9. The number of likely N-dealkylation sites (tertiary alicyclic amines) is 1. The summed E-state index contributed by atoms with van der Waals surface area (Å²) in [4.78, 5) is 14.4. The molecule has 3 fully saturated rings. The van der Waals surface area contributed by atoms with Crippen molar-refractivity contribution in [1.29, 1.82) is 0 Å². The van der Waals surface area contributed by atoms with Crippen molar-refractivity contribution in [3.8, 4) is 0 Å². The Morgan fingerprint density at radius 1 is 1.05 bits per heavy atom. The molecule has 226 valence electrons. The first-order valence-electron chi connectivity index (χ1n) is 15.1. The zero-order valence-electron chi connectivity index (χ0n) is 24.0. The van der Waals surface area contributed by atoms with Crippen molar-refractivity contribution in [3.05, 3.63) is 35.4 Å². The van der Waals surface area contributed by atoms with E-state index in [0.29, 0.717) is 24.1 Å². The Labute approximate surface area is 236 Å². The molecule has 0 bridgehead atoms. The van der Waals surface area contributed by atoms with Crippen molar-refractivity contribution < 1.29 is 31.6 Å². The summed E-state index contributed by atoms with van der Waals surface area (Å²) in [7, 11) is 0. The molecule has 6 nitrogen and oxygen atoms in total. The van der Waals surface area contributed by atoms with Crippen LogP contribution in [0.15, 0.2) is 24.3 Å². The van der Waals surface area contributed by atoms with Crippen LogP contribution in [0.3, 0.4) is 0 Å². The van der Waals surface area contributed by atoms with E-state index in [4.69, 9.17) is 10.5 Å². The van der Waals surface area contributed by atoms with E-state index >= 15 is 4.39 Å². The summed E-state index contributed by atoms with van der Waals surface area (Å²) in [5.41, 5.74) is 5.74. The molecule has 3 N–H and O–H groups in total. The van der Waals surface area contributed by atoms with Crippen LogP contribution in [0.1, 0.15) is 95.2 Å². The molecule has 1 amide bonds. The van der Waals surface area contributed by atoms with Gasteiger partial charge < -0.3 is 10.5 Å². The Balaban J connectivity index is 1.66. The van der Waals surface area contributed by atoms with E-state index in [-0.39, 0.29) is 12.0 Å². The summed E-state index contributed by atoms with van der Waals surface area (Å²) >= 11 is 0. The quantitative estimate of drug-likeness (QED) is 0.317. The fourth-order valence-electron chi connectivity index (χ4n) is 7.03. The van der Waals surface area contributed by atoms with Crippen LogP contribution in [0.25, 0.3) is 0 Å². The van der Waals surface area contributed by atoms with Crippen molar-refractivity contribution in [1.82, 2.24) is 10.2 Å². The number of rotatable bonds is 7. The minimum atomic E-state index is -4.40. The molecule has 10 heteroatoms.